The number of aromatic amines is 1. The minimum absolute atomic E-state index is 0.152. The van der Waals surface area contributed by atoms with Gasteiger partial charge in [0.2, 0.25) is 0 Å². The second-order valence-electron chi connectivity index (χ2n) is 9.56. The highest BCUT2D eigenvalue weighted by Crippen LogP contribution is 2.47. The van der Waals surface area contributed by atoms with E-state index in [-0.39, 0.29) is 5.41 Å². The highest BCUT2D eigenvalue weighted by atomic mass is 32.1. The molecule has 0 unspecified atom stereocenters. The van der Waals surface area contributed by atoms with Crippen molar-refractivity contribution >= 4 is 24.9 Å². The van der Waals surface area contributed by atoms with Crippen molar-refractivity contribution in [3.05, 3.63) is 32.8 Å². The fourth-order valence-electron chi connectivity index (χ4n) is 4.08. The molecule has 0 amide bonds. The second-order valence-corrected chi connectivity index (χ2v) is 9.97. The van der Waals surface area contributed by atoms with Crippen LogP contribution in [0.15, 0.2) is 5.73 Å². The summed E-state index contributed by atoms with van der Waals surface area (Å²) in [6.45, 7) is 13.8. The van der Waals surface area contributed by atoms with Gasteiger partial charge in [0.1, 0.15) is 16.4 Å². The van der Waals surface area contributed by atoms with E-state index in [4.69, 9.17) is 21.5 Å². The lowest BCUT2D eigenvalue weighted by Gasteiger charge is -2.35. The van der Waals surface area contributed by atoms with Crippen LogP contribution in [0.5, 0.6) is 0 Å². The Morgan fingerprint density at radius 1 is 1.18 bits per heavy atom. The van der Waals surface area contributed by atoms with Gasteiger partial charge in [-0.25, -0.2) is 4.39 Å². The summed E-state index contributed by atoms with van der Waals surface area (Å²) in [5.41, 5.74) is 1.66. The molecule has 4 nitrogen and oxygen atoms in total. The first kappa shape index (κ1) is 21.2. The third-order valence-corrected chi connectivity index (χ3v) is 6.53. The van der Waals surface area contributed by atoms with E-state index in [9.17, 15) is 5.26 Å². The number of hydrogen-bond acceptors (Lipinski definition) is 4. The molecule has 1 aromatic rings. The smallest absolute Gasteiger partial charge is 0.398 e. The summed E-state index contributed by atoms with van der Waals surface area (Å²) in [6.07, 6.45) is 1.88. The number of nitriles is 1. The first-order valence-electron chi connectivity index (χ1n) is 9.76. The quantitative estimate of drug-likeness (QED) is 0.527. The number of nitrogens with zero attached hydrogens (tertiary/aromatic N) is 1. The van der Waals surface area contributed by atoms with Crippen LogP contribution >= 0.6 is 12.2 Å². The Balaban J connectivity index is 2.25. The summed E-state index contributed by atoms with van der Waals surface area (Å²) in [5, 5.41) is 9.61. The van der Waals surface area contributed by atoms with Gasteiger partial charge >= 0.3 is 7.12 Å². The maximum absolute atomic E-state index is 15.9. The molecule has 0 saturated carbocycles. The minimum Gasteiger partial charge on any atom is -0.398 e. The number of halogens is 1. The summed E-state index contributed by atoms with van der Waals surface area (Å²) >= 11 is 5.40. The van der Waals surface area contributed by atoms with Gasteiger partial charge in [-0.1, -0.05) is 33.0 Å². The molecule has 1 saturated heterocycles. The van der Waals surface area contributed by atoms with Crippen LogP contribution in [0.4, 0.5) is 4.39 Å². The molecule has 3 rings (SSSR count). The van der Waals surface area contributed by atoms with Crippen LogP contribution in [0.1, 0.15) is 77.3 Å². The fraction of sp³-hybridized carbons (Fsp3) is 0.619. The van der Waals surface area contributed by atoms with Crippen molar-refractivity contribution in [1.82, 2.24) is 4.98 Å². The van der Waals surface area contributed by atoms with Crippen molar-refractivity contribution in [1.29, 1.82) is 5.26 Å². The minimum atomic E-state index is -1.06. The third-order valence-electron chi connectivity index (χ3n) is 6.22. The summed E-state index contributed by atoms with van der Waals surface area (Å²) < 4.78 is 28.2. The van der Waals surface area contributed by atoms with Gasteiger partial charge in [-0.15, -0.1) is 0 Å². The lowest BCUT2D eigenvalue weighted by Crippen LogP contribution is -2.41. The Morgan fingerprint density at radius 2 is 1.75 bits per heavy atom. The molecule has 1 aromatic heterocycles. The summed E-state index contributed by atoms with van der Waals surface area (Å²) in [5.74, 6) is 0. The Labute approximate surface area is 172 Å². The first-order valence-corrected chi connectivity index (χ1v) is 10.2. The zero-order chi connectivity index (χ0) is 21.1. The Kier molecular flexibility index (Phi) is 5.15. The third kappa shape index (κ3) is 3.36. The van der Waals surface area contributed by atoms with Gasteiger partial charge < -0.3 is 14.3 Å². The van der Waals surface area contributed by atoms with E-state index in [1.165, 1.54) is 0 Å². The lowest BCUT2D eigenvalue weighted by atomic mass is 9.68. The van der Waals surface area contributed by atoms with Crippen LogP contribution in [0.3, 0.4) is 0 Å². The van der Waals surface area contributed by atoms with E-state index in [1.54, 1.807) is 0 Å². The number of hydrogen-bond donors (Lipinski definition) is 1. The van der Waals surface area contributed by atoms with E-state index in [2.05, 4.69) is 24.9 Å². The van der Waals surface area contributed by atoms with E-state index >= 15 is 4.39 Å². The molecule has 1 fully saturated rings. The number of rotatable bonds is 2. The molecule has 1 N–H and O–H groups in total. The molecular formula is C21H28BFN2O2S. The molecule has 0 bridgehead atoms. The Hall–Kier alpha value is -1.49. The number of fused-ring (bicyclic) bond motifs is 1. The fourth-order valence-corrected chi connectivity index (χ4v) is 4.37. The number of pyridine rings is 1. The average Bonchev–Trinajstić information content (AvgIpc) is 2.79. The molecule has 2 heterocycles. The van der Waals surface area contributed by atoms with E-state index in [1.807, 2.05) is 34.6 Å². The van der Waals surface area contributed by atoms with Gasteiger partial charge in [-0.05, 0) is 63.5 Å². The standard InChI is InChI=1S/C21H28BFN2O2S/c1-8-12-14(11-24)18(28)25-15-10-19(2,3)9-13(16(12)15)17(23)22-26-20(4,5)21(6,7)27-22/h8-10H2,1-7H3,(H,25,28). The van der Waals surface area contributed by atoms with Crippen LogP contribution in [0.2, 0.25) is 0 Å². The van der Waals surface area contributed by atoms with Crippen LogP contribution in [-0.4, -0.2) is 23.3 Å². The van der Waals surface area contributed by atoms with Gasteiger partial charge in [-0.3, -0.25) is 0 Å². The SMILES string of the molecule is CCc1c2c([nH]c(=S)c1C#N)CC(C)(C)CC2=C(F)B1OC(C)(C)C(C)(C)O1. The van der Waals surface area contributed by atoms with Crippen molar-refractivity contribution in [2.24, 2.45) is 5.41 Å². The largest absolute Gasteiger partial charge is 0.525 e. The summed E-state index contributed by atoms with van der Waals surface area (Å²) in [4.78, 5) is 3.20. The summed E-state index contributed by atoms with van der Waals surface area (Å²) in [7, 11) is -1.06. The molecule has 0 aromatic carbocycles. The number of allylic oxidation sites excluding steroid dienone is 1. The van der Waals surface area contributed by atoms with Crippen molar-refractivity contribution < 1.29 is 13.7 Å². The predicted molar refractivity (Wildman–Crippen MR) is 112 cm³/mol. The number of nitrogens with one attached hydrogen (secondary N) is 1. The Morgan fingerprint density at radius 3 is 2.25 bits per heavy atom. The van der Waals surface area contributed by atoms with Gasteiger partial charge in [0.25, 0.3) is 0 Å². The molecular weight excluding hydrogens is 374 g/mol. The van der Waals surface area contributed by atoms with Gasteiger partial charge in [-0.2, -0.15) is 5.26 Å². The first-order chi connectivity index (χ1) is 12.8. The lowest BCUT2D eigenvalue weighted by molar-refractivity contribution is 0.00578. The maximum atomic E-state index is 15.9. The van der Waals surface area contributed by atoms with Crippen LogP contribution in [0, 0.1) is 21.4 Å². The Bertz CT molecular complexity index is 940. The van der Waals surface area contributed by atoms with E-state index in [0.717, 1.165) is 23.2 Å². The molecule has 1 aliphatic heterocycles. The van der Waals surface area contributed by atoms with Crippen LogP contribution < -0.4 is 0 Å². The van der Waals surface area contributed by atoms with Crippen LogP contribution in [-0.2, 0) is 22.2 Å². The average molecular weight is 402 g/mol. The molecule has 1 aliphatic carbocycles. The van der Waals surface area contributed by atoms with Gasteiger partial charge in [0.15, 0.2) is 0 Å². The molecule has 0 radical (unpaired) electrons. The van der Waals surface area contributed by atoms with Crippen LogP contribution in [0.25, 0.3) is 5.57 Å². The van der Waals surface area contributed by atoms with Gasteiger partial charge in [0, 0.05) is 11.3 Å². The van der Waals surface area contributed by atoms with Crippen molar-refractivity contribution in [3.8, 4) is 6.07 Å². The molecule has 0 spiro atoms. The van der Waals surface area contributed by atoms with E-state index < -0.39 is 24.0 Å². The normalized spacial score (nSPS) is 23.9. The zero-order valence-corrected chi connectivity index (χ0v) is 18.6. The monoisotopic (exact) mass is 402 g/mol. The second kappa shape index (κ2) is 6.79. The molecule has 2 aliphatic rings. The predicted octanol–water partition coefficient (Wildman–Crippen LogP) is 5.46. The molecule has 7 heteroatoms. The van der Waals surface area contributed by atoms with Gasteiger partial charge in [0.05, 0.1) is 16.8 Å². The maximum Gasteiger partial charge on any atom is 0.525 e. The number of aromatic nitrogens is 1. The highest BCUT2D eigenvalue weighted by molar-refractivity contribution is 7.71. The zero-order valence-electron chi connectivity index (χ0n) is 17.7. The topological polar surface area (TPSA) is 58.0 Å². The molecule has 150 valence electrons. The molecule has 28 heavy (non-hydrogen) atoms. The van der Waals surface area contributed by atoms with E-state index in [0.29, 0.717) is 28.6 Å². The number of H-pyrrole nitrogens is 1. The van der Waals surface area contributed by atoms with Crippen molar-refractivity contribution in [2.75, 3.05) is 0 Å². The highest BCUT2D eigenvalue weighted by Gasteiger charge is 2.54. The van der Waals surface area contributed by atoms with Crippen molar-refractivity contribution in [2.45, 2.75) is 78.9 Å². The van der Waals surface area contributed by atoms with Crippen molar-refractivity contribution in [3.63, 3.8) is 0 Å². The molecule has 0 atom stereocenters. The summed E-state index contributed by atoms with van der Waals surface area (Å²) in [6, 6.07) is 2.20.